The molecule has 0 radical (unpaired) electrons. The molecule has 20 heavy (non-hydrogen) atoms. The Morgan fingerprint density at radius 2 is 2.05 bits per heavy atom. The Balaban J connectivity index is 2.34. The molecule has 1 aromatic heterocycles. The van der Waals surface area contributed by atoms with Gasteiger partial charge in [0, 0.05) is 19.8 Å². The third kappa shape index (κ3) is 2.92. The highest BCUT2D eigenvalue weighted by Crippen LogP contribution is 2.29. The van der Waals surface area contributed by atoms with Gasteiger partial charge in [0.2, 0.25) is 0 Å². The number of hydrogen-bond acceptors (Lipinski definition) is 3. The molecule has 0 bridgehead atoms. The van der Waals surface area contributed by atoms with Gasteiger partial charge in [-0.05, 0) is 31.6 Å². The minimum Gasteiger partial charge on any atom is -0.299 e. The molecule has 2 atom stereocenters. The third-order valence-electron chi connectivity index (χ3n) is 4.23. The number of nitrogens with zero attached hydrogens (tertiary/aromatic N) is 2. The highest BCUT2D eigenvalue weighted by Gasteiger charge is 2.21. The minimum absolute atomic E-state index is 0.0935. The standard InChI is InChI=1S/C15H22N2O3/c1-10-5-4-6-12(7-10)8-17-9-13(11(2)18)14(19)16(3)15(17)20/h9-10,12H,4-8H2,1-3H3/t10-,12+/m1/s1. The molecule has 1 saturated carbocycles. The molecule has 0 amide bonds. The van der Waals surface area contributed by atoms with Crippen LogP contribution in [-0.2, 0) is 13.6 Å². The molecule has 5 nitrogen and oxygen atoms in total. The van der Waals surface area contributed by atoms with Crippen LogP contribution in [0.4, 0.5) is 0 Å². The van der Waals surface area contributed by atoms with Gasteiger partial charge in [0.1, 0.15) is 0 Å². The molecule has 1 aliphatic carbocycles. The van der Waals surface area contributed by atoms with Gasteiger partial charge in [-0.25, -0.2) is 4.79 Å². The first-order chi connectivity index (χ1) is 9.40. The monoisotopic (exact) mass is 278 g/mol. The van der Waals surface area contributed by atoms with Gasteiger partial charge in [0.15, 0.2) is 5.78 Å². The van der Waals surface area contributed by atoms with Gasteiger partial charge >= 0.3 is 5.69 Å². The molecule has 0 unspecified atom stereocenters. The SMILES string of the molecule is CC(=O)c1cn(C[C@H]2CCC[C@@H](C)C2)c(=O)n(C)c1=O. The first-order valence-electron chi connectivity index (χ1n) is 7.21. The van der Waals surface area contributed by atoms with E-state index in [1.54, 1.807) is 0 Å². The Labute approximate surface area is 118 Å². The van der Waals surface area contributed by atoms with Crippen molar-refractivity contribution in [1.82, 2.24) is 9.13 Å². The molecule has 1 aliphatic rings. The van der Waals surface area contributed by atoms with Crippen molar-refractivity contribution < 1.29 is 4.79 Å². The van der Waals surface area contributed by atoms with Gasteiger partial charge in [-0.1, -0.05) is 19.8 Å². The molecule has 110 valence electrons. The fraction of sp³-hybridized carbons (Fsp3) is 0.667. The Hall–Kier alpha value is -1.65. The lowest BCUT2D eigenvalue weighted by atomic mass is 9.82. The topological polar surface area (TPSA) is 61.1 Å². The Bertz CT molecular complexity index is 627. The summed E-state index contributed by atoms with van der Waals surface area (Å²) < 4.78 is 2.56. The molecule has 1 fully saturated rings. The predicted octanol–water partition coefficient (Wildman–Crippen LogP) is 1.58. The molecule has 2 rings (SSSR count). The summed E-state index contributed by atoms with van der Waals surface area (Å²) in [5, 5.41) is 0. The van der Waals surface area contributed by atoms with Crippen molar-refractivity contribution >= 4 is 5.78 Å². The summed E-state index contributed by atoms with van der Waals surface area (Å²) in [5.41, 5.74) is -0.745. The Morgan fingerprint density at radius 3 is 2.65 bits per heavy atom. The number of rotatable bonds is 3. The summed E-state index contributed by atoms with van der Waals surface area (Å²) in [5.74, 6) is 0.842. The molecule has 1 aromatic rings. The molecule has 5 heteroatoms. The zero-order valence-corrected chi connectivity index (χ0v) is 12.4. The highest BCUT2D eigenvalue weighted by atomic mass is 16.2. The maximum atomic E-state index is 12.1. The van der Waals surface area contributed by atoms with Crippen LogP contribution in [0.15, 0.2) is 15.8 Å². The van der Waals surface area contributed by atoms with Crippen molar-refractivity contribution in [3.63, 3.8) is 0 Å². The van der Waals surface area contributed by atoms with Gasteiger partial charge in [-0.2, -0.15) is 0 Å². The van der Waals surface area contributed by atoms with E-state index < -0.39 is 5.56 Å². The predicted molar refractivity (Wildman–Crippen MR) is 77.1 cm³/mol. The number of carbonyl (C=O) groups excluding carboxylic acids is 1. The maximum absolute atomic E-state index is 12.1. The molecule has 0 saturated heterocycles. The fourth-order valence-electron chi connectivity index (χ4n) is 3.10. The van der Waals surface area contributed by atoms with Crippen LogP contribution >= 0.6 is 0 Å². The van der Waals surface area contributed by atoms with Gasteiger partial charge in [-0.3, -0.25) is 18.7 Å². The first-order valence-corrected chi connectivity index (χ1v) is 7.21. The normalized spacial score (nSPS) is 22.8. The van der Waals surface area contributed by atoms with Crippen molar-refractivity contribution in [2.75, 3.05) is 0 Å². The average Bonchev–Trinajstić information content (AvgIpc) is 2.39. The molecule has 0 spiro atoms. The maximum Gasteiger partial charge on any atom is 0.330 e. The summed E-state index contributed by atoms with van der Waals surface area (Å²) in [6.07, 6.45) is 6.08. The van der Waals surface area contributed by atoms with Crippen molar-refractivity contribution in [2.24, 2.45) is 18.9 Å². The zero-order chi connectivity index (χ0) is 14.9. The van der Waals surface area contributed by atoms with Crippen LogP contribution in [0, 0.1) is 11.8 Å². The van der Waals surface area contributed by atoms with Crippen molar-refractivity contribution in [3.8, 4) is 0 Å². The van der Waals surface area contributed by atoms with Crippen LogP contribution in [0.5, 0.6) is 0 Å². The Morgan fingerprint density at radius 1 is 1.35 bits per heavy atom. The minimum atomic E-state index is -0.504. The lowest BCUT2D eigenvalue weighted by Crippen LogP contribution is -2.41. The summed E-state index contributed by atoms with van der Waals surface area (Å²) in [7, 11) is 1.43. The molecular formula is C15H22N2O3. The quantitative estimate of drug-likeness (QED) is 0.789. The van der Waals surface area contributed by atoms with Crippen molar-refractivity contribution in [1.29, 1.82) is 0 Å². The van der Waals surface area contributed by atoms with Crippen LogP contribution < -0.4 is 11.2 Å². The van der Waals surface area contributed by atoms with E-state index in [0.29, 0.717) is 18.4 Å². The van der Waals surface area contributed by atoms with Gasteiger partial charge in [0.05, 0.1) is 5.56 Å². The number of ketones is 1. The van der Waals surface area contributed by atoms with Crippen LogP contribution in [0.3, 0.4) is 0 Å². The van der Waals surface area contributed by atoms with E-state index >= 15 is 0 Å². The van der Waals surface area contributed by atoms with Crippen molar-refractivity contribution in [3.05, 3.63) is 32.6 Å². The van der Waals surface area contributed by atoms with Crippen LogP contribution in [0.25, 0.3) is 0 Å². The second kappa shape index (κ2) is 5.77. The number of carbonyl (C=O) groups is 1. The largest absolute Gasteiger partial charge is 0.330 e. The highest BCUT2D eigenvalue weighted by molar-refractivity contribution is 5.93. The van der Waals surface area contributed by atoms with E-state index in [1.165, 1.54) is 37.6 Å². The first kappa shape index (κ1) is 14.8. The van der Waals surface area contributed by atoms with Gasteiger partial charge < -0.3 is 0 Å². The van der Waals surface area contributed by atoms with Gasteiger partial charge in [-0.15, -0.1) is 0 Å². The third-order valence-corrected chi connectivity index (χ3v) is 4.23. The van der Waals surface area contributed by atoms with Crippen LogP contribution in [0.1, 0.15) is 49.9 Å². The van der Waals surface area contributed by atoms with Crippen LogP contribution in [0.2, 0.25) is 0 Å². The molecule has 0 aliphatic heterocycles. The molecule has 0 aromatic carbocycles. The Kier molecular flexibility index (Phi) is 4.26. The van der Waals surface area contributed by atoms with Gasteiger partial charge in [0.25, 0.3) is 5.56 Å². The van der Waals surface area contributed by atoms with E-state index in [-0.39, 0.29) is 17.0 Å². The van der Waals surface area contributed by atoms with E-state index in [1.807, 2.05) is 0 Å². The molecular weight excluding hydrogens is 256 g/mol. The van der Waals surface area contributed by atoms with E-state index in [9.17, 15) is 14.4 Å². The zero-order valence-electron chi connectivity index (χ0n) is 12.4. The lowest BCUT2D eigenvalue weighted by Gasteiger charge is -2.27. The molecule has 1 heterocycles. The molecule has 0 N–H and O–H groups in total. The van der Waals surface area contributed by atoms with Crippen LogP contribution in [-0.4, -0.2) is 14.9 Å². The second-order valence-electron chi connectivity index (χ2n) is 6.04. The van der Waals surface area contributed by atoms with Crippen molar-refractivity contribution in [2.45, 2.75) is 46.1 Å². The van der Waals surface area contributed by atoms with E-state index in [0.717, 1.165) is 17.4 Å². The summed E-state index contributed by atoms with van der Waals surface area (Å²) >= 11 is 0. The van der Waals surface area contributed by atoms with E-state index in [4.69, 9.17) is 0 Å². The average molecular weight is 278 g/mol. The fourth-order valence-corrected chi connectivity index (χ4v) is 3.10. The number of aromatic nitrogens is 2. The summed E-state index contributed by atoms with van der Waals surface area (Å²) in [6.45, 7) is 4.18. The summed E-state index contributed by atoms with van der Waals surface area (Å²) in [4.78, 5) is 35.5. The number of Topliss-reactive ketones (excluding diaryl/α,β-unsaturated/α-hetero) is 1. The summed E-state index contributed by atoms with van der Waals surface area (Å²) in [6, 6.07) is 0. The smallest absolute Gasteiger partial charge is 0.299 e. The lowest BCUT2D eigenvalue weighted by molar-refractivity contribution is 0.101. The van der Waals surface area contributed by atoms with E-state index in [2.05, 4.69) is 6.92 Å². The number of hydrogen-bond donors (Lipinski definition) is 0. The second-order valence-corrected chi connectivity index (χ2v) is 6.04.